The molecule has 0 bridgehead atoms. The lowest BCUT2D eigenvalue weighted by atomic mass is 9.74. The van der Waals surface area contributed by atoms with Gasteiger partial charge in [-0.15, -0.1) is 0 Å². The first-order valence-electron chi connectivity index (χ1n) is 10.2. The van der Waals surface area contributed by atoms with Crippen molar-refractivity contribution in [1.82, 2.24) is 9.80 Å². The number of benzene rings is 1. The highest BCUT2D eigenvalue weighted by Crippen LogP contribution is 2.48. The average molecular weight is 351 g/mol. The number of hydrogen-bond donors (Lipinski definition) is 1. The fourth-order valence-corrected chi connectivity index (χ4v) is 5.50. The first-order chi connectivity index (χ1) is 12.7. The number of piperidine rings is 1. The molecule has 3 atom stereocenters. The zero-order valence-corrected chi connectivity index (χ0v) is 15.7. The van der Waals surface area contributed by atoms with E-state index in [1.807, 2.05) is 0 Å². The van der Waals surface area contributed by atoms with Crippen LogP contribution in [-0.2, 0) is 4.79 Å². The molecule has 1 N–H and O–H groups in total. The van der Waals surface area contributed by atoms with Crippen LogP contribution in [0.1, 0.15) is 42.7 Å². The second kappa shape index (κ2) is 6.50. The Morgan fingerprint density at radius 2 is 2.08 bits per heavy atom. The van der Waals surface area contributed by atoms with Crippen LogP contribution in [0.3, 0.4) is 0 Å². The predicted molar refractivity (Wildman–Crippen MR) is 105 cm³/mol. The summed E-state index contributed by atoms with van der Waals surface area (Å²) in [7, 11) is 2.20. The van der Waals surface area contributed by atoms with Crippen LogP contribution in [0.2, 0.25) is 0 Å². The quantitative estimate of drug-likeness (QED) is 0.908. The van der Waals surface area contributed by atoms with Crippen molar-refractivity contribution in [1.29, 1.82) is 0 Å². The summed E-state index contributed by atoms with van der Waals surface area (Å²) in [6, 6.07) is 7.08. The third-order valence-corrected chi connectivity index (χ3v) is 6.87. The van der Waals surface area contributed by atoms with Gasteiger partial charge in [0.2, 0.25) is 0 Å². The number of nitrogens with zero attached hydrogens (tertiary/aromatic N) is 2. The van der Waals surface area contributed by atoms with Crippen molar-refractivity contribution in [3.05, 3.63) is 35.4 Å². The molecule has 1 saturated heterocycles. The summed E-state index contributed by atoms with van der Waals surface area (Å²) >= 11 is 0. The van der Waals surface area contributed by atoms with Crippen molar-refractivity contribution in [3.63, 3.8) is 0 Å². The summed E-state index contributed by atoms with van der Waals surface area (Å²) in [5, 5.41) is 3.58. The van der Waals surface area contributed by atoms with E-state index >= 15 is 0 Å². The molecular formula is C22H29N3O. The zero-order valence-electron chi connectivity index (χ0n) is 15.7. The number of anilines is 1. The Balaban J connectivity index is 1.44. The van der Waals surface area contributed by atoms with Gasteiger partial charge in [0.05, 0.1) is 12.5 Å². The summed E-state index contributed by atoms with van der Waals surface area (Å²) in [6.07, 6.45) is 7.29. The monoisotopic (exact) mass is 351 g/mol. The molecule has 0 saturated carbocycles. The van der Waals surface area contributed by atoms with Gasteiger partial charge in [-0.3, -0.25) is 14.6 Å². The van der Waals surface area contributed by atoms with E-state index in [9.17, 15) is 4.79 Å². The lowest BCUT2D eigenvalue weighted by Gasteiger charge is -2.42. The number of carbonyl (C=O) groups excluding carboxylic acids is 1. The van der Waals surface area contributed by atoms with E-state index in [2.05, 4.69) is 46.4 Å². The molecule has 26 heavy (non-hydrogen) atoms. The van der Waals surface area contributed by atoms with Crippen LogP contribution in [0.4, 0.5) is 5.69 Å². The summed E-state index contributed by atoms with van der Waals surface area (Å²) in [6.45, 7) is 4.74. The molecule has 1 aromatic rings. The molecule has 1 unspecified atom stereocenters. The van der Waals surface area contributed by atoms with Crippen LogP contribution >= 0.6 is 0 Å². The van der Waals surface area contributed by atoms with E-state index in [1.54, 1.807) is 0 Å². The van der Waals surface area contributed by atoms with E-state index in [0.717, 1.165) is 26.2 Å². The van der Waals surface area contributed by atoms with E-state index in [4.69, 9.17) is 0 Å². The smallest absolute Gasteiger partial charge is 0.154 e. The molecule has 1 aliphatic carbocycles. The highest BCUT2D eigenvalue weighted by atomic mass is 16.1. The van der Waals surface area contributed by atoms with Crippen molar-refractivity contribution in [2.75, 3.05) is 45.1 Å². The number of likely N-dealkylation sites (N-methyl/N-ethyl adjacent to an activating group) is 1. The standard InChI is InChI=1S/C22H29N3O/c1-24-13-16(21(26)14-25-8-3-2-4-9-25)10-18-17-6-5-7-19-22(17)15(12-23-19)11-20(18)24/h5-7,10,15-16,20,23H,2-4,8-9,11-14H2,1H3/t15?,16-,20-/m1/s1. The molecule has 5 rings (SSSR count). The van der Waals surface area contributed by atoms with Gasteiger partial charge in [0.15, 0.2) is 5.78 Å². The van der Waals surface area contributed by atoms with E-state index in [0.29, 0.717) is 24.3 Å². The van der Waals surface area contributed by atoms with E-state index in [-0.39, 0.29) is 5.92 Å². The maximum absolute atomic E-state index is 13.0. The van der Waals surface area contributed by atoms with Crippen LogP contribution in [0, 0.1) is 5.92 Å². The highest BCUT2D eigenvalue weighted by molar-refractivity contribution is 5.89. The Morgan fingerprint density at radius 1 is 1.23 bits per heavy atom. The topological polar surface area (TPSA) is 35.6 Å². The minimum absolute atomic E-state index is 0.0370. The van der Waals surface area contributed by atoms with Crippen LogP contribution in [0.15, 0.2) is 24.3 Å². The maximum atomic E-state index is 13.0. The molecule has 3 aliphatic heterocycles. The number of ketones is 1. The number of nitrogens with one attached hydrogen (secondary N) is 1. The van der Waals surface area contributed by atoms with Crippen molar-refractivity contribution in [2.24, 2.45) is 5.92 Å². The van der Waals surface area contributed by atoms with Crippen molar-refractivity contribution >= 4 is 17.0 Å². The number of likely N-dealkylation sites (tertiary alicyclic amines) is 1. The molecule has 4 aliphatic rings. The largest absolute Gasteiger partial charge is 0.384 e. The van der Waals surface area contributed by atoms with Crippen molar-refractivity contribution in [2.45, 2.75) is 37.6 Å². The van der Waals surface area contributed by atoms with Crippen LogP contribution in [0.25, 0.3) is 5.57 Å². The lowest BCUT2D eigenvalue weighted by molar-refractivity contribution is -0.123. The minimum Gasteiger partial charge on any atom is -0.384 e. The van der Waals surface area contributed by atoms with Gasteiger partial charge in [-0.2, -0.15) is 0 Å². The van der Waals surface area contributed by atoms with Gasteiger partial charge in [0, 0.05) is 30.7 Å². The highest BCUT2D eigenvalue weighted by Gasteiger charge is 2.40. The van der Waals surface area contributed by atoms with Crippen molar-refractivity contribution in [3.8, 4) is 0 Å². The molecule has 138 valence electrons. The average Bonchev–Trinajstić information content (AvgIpc) is 3.08. The van der Waals surface area contributed by atoms with Crippen LogP contribution in [0.5, 0.6) is 0 Å². The second-order valence-corrected chi connectivity index (χ2v) is 8.57. The molecule has 0 amide bonds. The summed E-state index contributed by atoms with van der Waals surface area (Å²) in [5.74, 6) is 1.05. The summed E-state index contributed by atoms with van der Waals surface area (Å²) in [4.78, 5) is 17.8. The van der Waals surface area contributed by atoms with Gasteiger partial charge in [0.1, 0.15) is 0 Å². The Bertz CT molecular complexity index is 750. The van der Waals surface area contributed by atoms with Gasteiger partial charge in [-0.1, -0.05) is 24.6 Å². The van der Waals surface area contributed by atoms with Crippen LogP contribution < -0.4 is 5.32 Å². The predicted octanol–water partition coefficient (Wildman–Crippen LogP) is 2.97. The first kappa shape index (κ1) is 16.5. The summed E-state index contributed by atoms with van der Waals surface area (Å²) < 4.78 is 0. The normalized spacial score (nSPS) is 31.0. The SMILES string of the molecule is CN1C[C@H](C(=O)CN2CCCCC2)C=C2c3cccc4c3C(CN4)C[C@H]21. The van der Waals surface area contributed by atoms with Gasteiger partial charge in [-0.25, -0.2) is 0 Å². The third kappa shape index (κ3) is 2.71. The molecule has 1 fully saturated rings. The Kier molecular flexibility index (Phi) is 4.13. The Hall–Kier alpha value is -1.65. The number of carbonyl (C=O) groups is 1. The minimum atomic E-state index is 0.0370. The number of hydrogen-bond acceptors (Lipinski definition) is 4. The third-order valence-electron chi connectivity index (χ3n) is 6.87. The van der Waals surface area contributed by atoms with Crippen molar-refractivity contribution < 1.29 is 4.79 Å². The lowest BCUT2D eigenvalue weighted by Crippen LogP contribution is -2.46. The molecule has 1 aromatic carbocycles. The molecule has 4 heteroatoms. The second-order valence-electron chi connectivity index (χ2n) is 8.57. The zero-order chi connectivity index (χ0) is 17.7. The van der Waals surface area contributed by atoms with E-state index in [1.165, 1.54) is 48.1 Å². The number of rotatable bonds is 3. The molecule has 0 aromatic heterocycles. The first-order valence-corrected chi connectivity index (χ1v) is 10.2. The Morgan fingerprint density at radius 3 is 2.92 bits per heavy atom. The maximum Gasteiger partial charge on any atom is 0.154 e. The molecule has 3 heterocycles. The number of Topliss-reactive ketones (excluding diaryl/α,β-unsaturated/α-hetero) is 1. The summed E-state index contributed by atoms with van der Waals surface area (Å²) in [5.41, 5.74) is 5.58. The fraction of sp³-hybridized carbons (Fsp3) is 0.591. The molecular weight excluding hydrogens is 322 g/mol. The van der Waals surface area contributed by atoms with Gasteiger partial charge in [0.25, 0.3) is 0 Å². The van der Waals surface area contributed by atoms with Crippen LogP contribution in [-0.4, -0.2) is 61.4 Å². The van der Waals surface area contributed by atoms with Gasteiger partial charge < -0.3 is 5.32 Å². The van der Waals surface area contributed by atoms with E-state index < -0.39 is 0 Å². The van der Waals surface area contributed by atoms with Gasteiger partial charge >= 0.3 is 0 Å². The number of fused-ring (bicyclic) bond motifs is 2. The van der Waals surface area contributed by atoms with Gasteiger partial charge in [-0.05, 0) is 62.2 Å². The molecule has 0 spiro atoms. The Labute approximate surface area is 156 Å². The molecule has 0 radical (unpaired) electrons. The fourth-order valence-electron chi connectivity index (χ4n) is 5.50. The molecule has 4 nitrogen and oxygen atoms in total.